The maximum absolute atomic E-state index is 13.5. The number of thioether (sulfide) groups is 1. The van der Waals surface area contributed by atoms with Gasteiger partial charge in [0.25, 0.3) is 0 Å². The van der Waals surface area contributed by atoms with E-state index >= 15 is 0 Å². The molecule has 1 spiro atoms. The molecule has 142 valence electrons. The first kappa shape index (κ1) is 20.6. The lowest BCUT2D eigenvalue weighted by Crippen LogP contribution is -2.40. The minimum absolute atomic E-state index is 0.413. The fourth-order valence-corrected chi connectivity index (χ4v) is 11.6. The third-order valence-electron chi connectivity index (χ3n) is 5.22. The molecule has 7 heteroatoms. The fraction of sp³-hybridized carbons (Fsp3) is 0.882. The van der Waals surface area contributed by atoms with Crippen LogP contribution in [0.2, 0.25) is 0 Å². The SMILES string of the molecule is C=C1CCCCCCCCCCC12SCCCS2(C)OS(=O)(=O)F. The van der Waals surface area contributed by atoms with E-state index in [2.05, 4.69) is 6.58 Å². The summed E-state index contributed by atoms with van der Waals surface area (Å²) in [6.07, 6.45) is 14.0. The van der Waals surface area contributed by atoms with E-state index in [9.17, 15) is 12.3 Å². The molecule has 1 heterocycles. The van der Waals surface area contributed by atoms with Crippen molar-refractivity contribution in [1.29, 1.82) is 0 Å². The molecule has 24 heavy (non-hydrogen) atoms. The summed E-state index contributed by atoms with van der Waals surface area (Å²) in [6.45, 7) is 4.35. The average Bonchev–Trinajstić information content (AvgIpc) is 2.47. The predicted molar refractivity (Wildman–Crippen MR) is 105 cm³/mol. The second-order valence-corrected chi connectivity index (χ2v) is 13.2. The van der Waals surface area contributed by atoms with Crippen molar-refractivity contribution in [2.24, 2.45) is 0 Å². The van der Waals surface area contributed by atoms with E-state index in [4.69, 9.17) is 3.63 Å². The van der Waals surface area contributed by atoms with Crippen molar-refractivity contribution in [2.45, 2.75) is 74.7 Å². The lowest BCUT2D eigenvalue weighted by atomic mass is 9.97. The molecule has 0 bridgehead atoms. The zero-order valence-corrected chi connectivity index (χ0v) is 17.2. The highest BCUT2D eigenvalue weighted by Gasteiger charge is 2.51. The van der Waals surface area contributed by atoms with Crippen molar-refractivity contribution in [1.82, 2.24) is 0 Å². The first-order valence-electron chi connectivity index (χ1n) is 9.03. The number of rotatable bonds is 2. The van der Waals surface area contributed by atoms with E-state index in [0.717, 1.165) is 49.9 Å². The second-order valence-electron chi connectivity index (χ2n) is 7.06. The van der Waals surface area contributed by atoms with Crippen LogP contribution in [0.3, 0.4) is 0 Å². The number of hydrogen-bond acceptors (Lipinski definition) is 4. The number of hydrogen-bond donors (Lipinski definition) is 0. The van der Waals surface area contributed by atoms with Crippen molar-refractivity contribution in [3.8, 4) is 0 Å². The van der Waals surface area contributed by atoms with Gasteiger partial charge in [0.05, 0.1) is 4.08 Å². The summed E-state index contributed by atoms with van der Waals surface area (Å²) in [5.74, 6) is 1.61. The van der Waals surface area contributed by atoms with E-state index in [0.29, 0.717) is 5.75 Å². The van der Waals surface area contributed by atoms with E-state index < -0.39 is 24.9 Å². The van der Waals surface area contributed by atoms with Gasteiger partial charge in [0.2, 0.25) is 0 Å². The van der Waals surface area contributed by atoms with Crippen LogP contribution >= 0.6 is 22.1 Å². The van der Waals surface area contributed by atoms with Gasteiger partial charge in [-0.2, -0.15) is 12.0 Å². The number of halogens is 1. The Balaban J connectivity index is 2.29. The Morgan fingerprint density at radius 2 is 1.67 bits per heavy atom. The lowest BCUT2D eigenvalue weighted by Gasteiger charge is -2.54. The lowest BCUT2D eigenvalue weighted by molar-refractivity contribution is 0.453. The van der Waals surface area contributed by atoms with Crippen LogP contribution in [0.4, 0.5) is 3.89 Å². The maximum Gasteiger partial charge on any atom is 0.447 e. The van der Waals surface area contributed by atoms with Gasteiger partial charge < -0.3 is 0 Å². The molecule has 0 aromatic rings. The summed E-state index contributed by atoms with van der Waals surface area (Å²) in [7, 11) is -7.05. The topological polar surface area (TPSA) is 43.4 Å². The van der Waals surface area contributed by atoms with Crippen molar-refractivity contribution >= 4 is 32.6 Å². The van der Waals surface area contributed by atoms with Crippen LogP contribution in [0.1, 0.15) is 70.6 Å². The Morgan fingerprint density at radius 1 is 1.08 bits per heavy atom. The predicted octanol–water partition coefficient (Wildman–Crippen LogP) is 5.87. The maximum atomic E-state index is 13.5. The summed E-state index contributed by atoms with van der Waals surface area (Å²) in [5, 5.41) is 0. The van der Waals surface area contributed by atoms with Crippen LogP contribution in [0.25, 0.3) is 0 Å². The van der Waals surface area contributed by atoms with Crippen LogP contribution in [0.5, 0.6) is 0 Å². The molecule has 2 rings (SSSR count). The minimum Gasteiger partial charge on any atom is -0.193 e. The Hall–Kier alpha value is 0.280. The van der Waals surface area contributed by atoms with Crippen molar-refractivity contribution in [3.63, 3.8) is 0 Å². The molecule has 0 aromatic heterocycles. The Labute approximate surface area is 153 Å². The highest BCUT2D eigenvalue weighted by molar-refractivity contribution is 8.40. The zero-order valence-electron chi connectivity index (χ0n) is 14.7. The summed E-state index contributed by atoms with van der Waals surface area (Å²) in [6, 6.07) is 0. The summed E-state index contributed by atoms with van der Waals surface area (Å²) in [4.78, 5) is 0. The van der Waals surface area contributed by atoms with Crippen LogP contribution in [-0.4, -0.2) is 30.3 Å². The van der Waals surface area contributed by atoms with Crippen LogP contribution in [0, 0.1) is 0 Å². The summed E-state index contributed by atoms with van der Waals surface area (Å²) < 4.78 is 40.8. The van der Waals surface area contributed by atoms with Gasteiger partial charge in [-0.25, -0.2) is 0 Å². The molecule has 1 aliphatic heterocycles. The van der Waals surface area contributed by atoms with Gasteiger partial charge in [-0.3, -0.25) is 0 Å². The molecule has 2 aliphatic rings. The van der Waals surface area contributed by atoms with E-state index in [1.807, 2.05) is 6.26 Å². The largest absolute Gasteiger partial charge is 0.447 e. The Morgan fingerprint density at radius 3 is 2.29 bits per heavy atom. The molecule has 0 N–H and O–H groups in total. The molecule has 2 atom stereocenters. The summed E-state index contributed by atoms with van der Waals surface area (Å²) >= 11 is 1.77. The standard InChI is InChI=1S/C17H31FO3S3/c1-16-12-9-7-5-3-4-6-8-10-13-17(16)22-14-11-15-23(17,2)21-24(18,19)20/h1,3-15H2,2H3. The van der Waals surface area contributed by atoms with Gasteiger partial charge >= 0.3 is 10.5 Å². The van der Waals surface area contributed by atoms with Crippen molar-refractivity contribution in [2.75, 3.05) is 17.8 Å². The van der Waals surface area contributed by atoms with Gasteiger partial charge in [-0.05, 0) is 37.7 Å². The Kier molecular flexibility index (Phi) is 7.53. The molecule has 3 nitrogen and oxygen atoms in total. The summed E-state index contributed by atoms with van der Waals surface area (Å²) in [5.41, 5.74) is 1.08. The first-order valence-corrected chi connectivity index (χ1v) is 13.5. The molecular weight excluding hydrogens is 367 g/mol. The molecule has 1 saturated carbocycles. The molecule has 1 aliphatic carbocycles. The van der Waals surface area contributed by atoms with E-state index in [1.165, 1.54) is 32.1 Å². The fourth-order valence-electron chi connectivity index (χ4n) is 3.95. The Bertz CT molecular complexity index is 537. The zero-order chi connectivity index (χ0) is 17.7. The van der Waals surface area contributed by atoms with E-state index in [1.54, 1.807) is 11.8 Å². The van der Waals surface area contributed by atoms with Gasteiger partial charge in [0, 0.05) is 5.75 Å². The first-order chi connectivity index (χ1) is 11.3. The molecule has 2 fully saturated rings. The quantitative estimate of drug-likeness (QED) is 0.431. The monoisotopic (exact) mass is 398 g/mol. The van der Waals surface area contributed by atoms with Crippen molar-refractivity contribution < 1.29 is 15.9 Å². The average molecular weight is 399 g/mol. The highest BCUT2D eigenvalue weighted by atomic mass is 32.3. The highest BCUT2D eigenvalue weighted by Crippen LogP contribution is 2.71. The molecule has 0 radical (unpaired) electrons. The normalized spacial score (nSPS) is 37.2. The van der Waals surface area contributed by atoms with Crippen LogP contribution in [0.15, 0.2) is 12.2 Å². The molecule has 1 saturated heterocycles. The molecular formula is C17H31FO3S3. The molecule has 2 unspecified atom stereocenters. The molecule has 0 amide bonds. The smallest absolute Gasteiger partial charge is 0.193 e. The third-order valence-corrected chi connectivity index (χ3v) is 12.9. The van der Waals surface area contributed by atoms with Crippen molar-refractivity contribution in [3.05, 3.63) is 12.2 Å². The van der Waals surface area contributed by atoms with Crippen LogP contribution in [-0.2, 0) is 14.1 Å². The van der Waals surface area contributed by atoms with Gasteiger partial charge in [0.15, 0.2) is 0 Å². The molecule has 0 aromatic carbocycles. The van der Waals surface area contributed by atoms with Gasteiger partial charge in [0.1, 0.15) is 0 Å². The van der Waals surface area contributed by atoms with Gasteiger partial charge in [-0.1, -0.05) is 71.3 Å². The third kappa shape index (κ3) is 5.15. The second kappa shape index (κ2) is 8.78. The minimum atomic E-state index is -4.95. The van der Waals surface area contributed by atoms with E-state index in [-0.39, 0.29) is 0 Å². The van der Waals surface area contributed by atoms with Gasteiger partial charge in [-0.15, -0.1) is 11.8 Å². The van der Waals surface area contributed by atoms with Crippen LogP contribution < -0.4 is 0 Å².